The summed E-state index contributed by atoms with van der Waals surface area (Å²) in [7, 11) is -4.10. The standard InChI is InChI=1S/C20H28ClF2N3O5S/c1-19(22,23)7-4-15-2-3-17(24-14-15)16-5-10-25(11-6-16)32(29,30)20(18(27)26(21)28)8-12-31-13-9-20/h2-3,14,16,28H,4-13H2,1H3. The fourth-order valence-corrected chi connectivity index (χ4v) is 6.67. The van der Waals surface area contributed by atoms with Crippen LogP contribution in [0.15, 0.2) is 18.3 Å². The van der Waals surface area contributed by atoms with E-state index >= 15 is 0 Å². The molecule has 1 amide bonds. The molecule has 1 aromatic rings. The van der Waals surface area contributed by atoms with Crippen molar-refractivity contribution in [1.29, 1.82) is 0 Å². The Morgan fingerprint density at radius 1 is 1.34 bits per heavy atom. The van der Waals surface area contributed by atoms with Crippen molar-refractivity contribution in [3.63, 3.8) is 0 Å². The van der Waals surface area contributed by atoms with Crippen LogP contribution in [0.2, 0.25) is 0 Å². The first-order valence-electron chi connectivity index (χ1n) is 10.6. The molecule has 0 bridgehead atoms. The lowest BCUT2D eigenvalue weighted by molar-refractivity contribution is -0.152. The molecule has 3 rings (SSSR count). The third-order valence-electron chi connectivity index (χ3n) is 6.26. The molecule has 2 saturated heterocycles. The van der Waals surface area contributed by atoms with Crippen LogP contribution in [0, 0.1) is 0 Å². The molecule has 0 unspecified atom stereocenters. The van der Waals surface area contributed by atoms with Crippen LogP contribution in [0.5, 0.6) is 0 Å². The molecule has 0 saturated carbocycles. The Hall–Kier alpha value is -1.40. The van der Waals surface area contributed by atoms with Gasteiger partial charge >= 0.3 is 0 Å². The number of piperidine rings is 1. The van der Waals surface area contributed by atoms with Crippen LogP contribution in [-0.2, 0) is 26.0 Å². The number of halogens is 3. The van der Waals surface area contributed by atoms with Gasteiger partial charge in [-0.1, -0.05) is 6.07 Å². The first-order chi connectivity index (χ1) is 15.0. The lowest BCUT2D eigenvalue weighted by Crippen LogP contribution is -2.59. The van der Waals surface area contributed by atoms with E-state index in [4.69, 9.17) is 16.5 Å². The minimum atomic E-state index is -4.10. The van der Waals surface area contributed by atoms with Gasteiger partial charge < -0.3 is 4.74 Å². The lowest BCUT2D eigenvalue weighted by Gasteiger charge is -2.41. The van der Waals surface area contributed by atoms with Crippen LogP contribution in [0.25, 0.3) is 0 Å². The first kappa shape index (κ1) is 25.2. The van der Waals surface area contributed by atoms with E-state index in [0.29, 0.717) is 12.8 Å². The number of alkyl halides is 2. The van der Waals surface area contributed by atoms with E-state index < -0.39 is 26.6 Å². The van der Waals surface area contributed by atoms with Crippen molar-refractivity contribution >= 4 is 27.7 Å². The minimum Gasteiger partial charge on any atom is -0.381 e. The zero-order chi connectivity index (χ0) is 23.6. The summed E-state index contributed by atoms with van der Waals surface area (Å²) in [5.74, 6) is -3.78. The molecule has 8 nitrogen and oxygen atoms in total. The second kappa shape index (κ2) is 9.84. The summed E-state index contributed by atoms with van der Waals surface area (Å²) in [6.07, 6.45) is 2.41. The van der Waals surface area contributed by atoms with Gasteiger partial charge in [0, 0.05) is 75.2 Å². The molecule has 1 N–H and O–H groups in total. The van der Waals surface area contributed by atoms with Crippen molar-refractivity contribution in [2.75, 3.05) is 26.3 Å². The normalized spacial score (nSPS) is 20.8. The van der Waals surface area contributed by atoms with Gasteiger partial charge in [0.15, 0.2) is 4.75 Å². The molecule has 180 valence electrons. The molecule has 3 heterocycles. The Morgan fingerprint density at radius 3 is 2.47 bits per heavy atom. The number of ether oxygens (including phenoxy) is 1. The van der Waals surface area contributed by atoms with E-state index in [9.17, 15) is 27.2 Å². The van der Waals surface area contributed by atoms with Crippen LogP contribution in [0.4, 0.5) is 8.78 Å². The molecule has 0 spiro atoms. The van der Waals surface area contributed by atoms with Gasteiger partial charge in [0.05, 0.1) is 0 Å². The van der Waals surface area contributed by atoms with Crippen molar-refractivity contribution in [3.05, 3.63) is 29.6 Å². The van der Waals surface area contributed by atoms with E-state index in [2.05, 4.69) is 4.98 Å². The molecule has 0 atom stereocenters. The van der Waals surface area contributed by atoms with Crippen molar-refractivity contribution in [3.8, 4) is 0 Å². The highest BCUT2D eigenvalue weighted by Crippen LogP contribution is 2.37. The third kappa shape index (κ3) is 5.39. The maximum absolute atomic E-state index is 13.4. The molecular weight excluding hydrogens is 468 g/mol. The van der Waals surface area contributed by atoms with E-state index in [1.165, 1.54) is 4.31 Å². The Morgan fingerprint density at radius 2 is 1.97 bits per heavy atom. The average Bonchev–Trinajstić information content (AvgIpc) is 2.77. The number of pyridine rings is 1. The number of carbonyl (C=O) groups excluding carboxylic acids is 1. The lowest BCUT2D eigenvalue weighted by atomic mass is 9.93. The SMILES string of the molecule is CC(F)(F)CCc1ccc(C2CCN(S(=O)(=O)C3(C(=O)N(O)Cl)CCOCC3)CC2)nc1. The van der Waals surface area contributed by atoms with Crippen LogP contribution < -0.4 is 0 Å². The Balaban J connectivity index is 1.67. The molecule has 32 heavy (non-hydrogen) atoms. The molecule has 12 heteroatoms. The van der Waals surface area contributed by atoms with E-state index in [0.717, 1.165) is 18.2 Å². The number of aromatic nitrogens is 1. The van der Waals surface area contributed by atoms with Gasteiger partial charge in [-0.3, -0.25) is 15.0 Å². The van der Waals surface area contributed by atoms with Crippen LogP contribution in [0.3, 0.4) is 0 Å². The summed E-state index contributed by atoms with van der Waals surface area (Å²) in [5.41, 5.74) is 1.51. The first-order valence-corrected chi connectivity index (χ1v) is 12.3. The molecule has 2 aliphatic rings. The smallest absolute Gasteiger partial charge is 0.284 e. The van der Waals surface area contributed by atoms with Crippen LogP contribution in [-0.4, -0.2) is 70.4 Å². The van der Waals surface area contributed by atoms with Crippen LogP contribution >= 0.6 is 11.8 Å². The monoisotopic (exact) mass is 495 g/mol. The second-order valence-electron chi connectivity index (χ2n) is 8.51. The Bertz CT molecular complexity index is 895. The van der Waals surface area contributed by atoms with Crippen molar-refractivity contribution in [1.82, 2.24) is 13.9 Å². The van der Waals surface area contributed by atoms with E-state index in [1.807, 2.05) is 0 Å². The zero-order valence-electron chi connectivity index (χ0n) is 17.8. The predicted molar refractivity (Wildman–Crippen MR) is 113 cm³/mol. The largest absolute Gasteiger partial charge is 0.381 e. The van der Waals surface area contributed by atoms with E-state index in [1.54, 1.807) is 18.3 Å². The Labute approximate surface area is 191 Å². The van der Waals surface area contributed by atoms with Gasteiger partial charge in [-0.05, 0) is 37.8 Å². The number of amides is 1. The molecular formula is C20H28ClF2N3O5S. The molecule has 0 radical (unpaired) electrons. The van der Waals surface area contributed by atoms with Gasteiger partial charge in [-0.2, -0.15) is 0 Å². The topological polar surface area (TPSA) is 100 Å². The number of rotatable bonds is 7. The molecule has 0 aliphatic carbocycles. The number of sulfonamides is 1. The molecule has 0 aromatic carbocycles. The summed E-state index contributed by atoms with van der Waals surface area (Å²) < 4.78 is 57.4. The fourth-order valence-electron chi connectivity index (χ4n) is 4.28. The Kier molecular flexibility index (Phi) is 7.76. The number of carbonyl (C=O) groups is 1. The number of hydroxylamine groups is 1. The highest BCUT2D eigenvalue weighted by Gasteiger charge is 2.56. The third-order valence-corrected chi connectivity index (χ3v) is 9.03. The van der Waals surface area contributed by atoms with Gasteiger partial charge in [0.1, 0.15) is 0 Å². The zero-order valence-corrected chi connectivity index (χ0v) is 19.4. The highest BCUT2D eigenvalue weighted by molar-refractivity contribution is 7.91. The number of aryl methyl sites for hydroxylation is 1. The molecule has 2 fully saturated rings. The fraction of sp³-hybridized carbons (Fsp3) is 0.700. The maximum atomic E-state index is 13.4. The second-order valence-corrected chi connectivity index (χ2v) is 11.1. The predicted octanol–water partition coefficient (Wildman–Crippen LogP) is 3.10. The molecule has 1 aromatic heterocycles. The van der Waals surface area contributed by atoms with Gasteiger partial charge in [0.2, 0.25) is 15.9 Å². The summed E-state index contributed by atoms with van der Waals surface area (Å²) in [4.78, 5) is 17.0. The van der Waals surface area contributed by atoms with Crippen molar-refractivity contribution < 1.29 is 31.9 Å². The van der Waals surface area contributed by atoms with Gasteiger partial charge in [-0.25, -0.2) is 21.5 Å². The highest BCUT2D eigenvalue weighted by atomic mass is 35.5. The summed E-state index contributed by atoms with van der Waals surface area (Å²) in [6, 6.07) is 3.59. The van der Waals surface area contributed by atoms with E-state index in [-0.39, 0.29) is 62.5 Å². The number of nitrogens with zero attached hydrogens (tertiary/aromatic N) is 3. The quantitative estimate of drug-likeness (QED) is 0.354. The average molecular weight is 496 g/mol. The summed E-state index contributed by atoms with van der Waals surface area (Å²) in [6.45, 7) is 1.43. The van der Waals surface area contributed by atoms with Gasteiger partial charge in [0.25, 0.3) is 5.91 Å². The minimum absolute atomic E-state index is 0.0202. The van der Waals surface area contributed by atoms with Crippen LogP contribution in [0.1, 0.15) is 56.2 Å². The number of hydrogen-bond acceptors (Lipinski definition) is 6. The van der Waals surface area contributed by atoms with Gasteiger partial charge in [-0.15, -0.1) is 4.58 Å². The number of hydrogen-bond donors (Lipinski definition) is 1. The van der Waals surface area contributed by atoms with Crippen molar-refractivity contribution in [2.45, 2.75) is 62.0 Å². The summed E-state index contributed by atoms with van der Waals surface area (Å²) >= 11 is 5.43. The van der Waals surface area contributed by atoms with Crippen molar-refractivity contribution in [2.24, 2.45) is 0 Å². The molecule has 2 aliphatic heterocycles. The summed E-state index contributed by atoms with van der Waals surface area (Å²) in [5, 5.41) is 9.47. The maximum Gasteiger partial charge on any atom is 0.284 e.